The van der Waals surface area contributed by atoms with Crippen molar-refractivity contribution in [2.24, 2.45) is 0 Å². The zero-order valence-corrected chi connectivity index (χ0v) is 43.4. The van der Waals surface area contributed by atoms with Crippen molar-refractivity contribution in [1.29, 1.82) is 0 Å². The van der Waals surface area contributed by atoms with Gasteiger partial charge in [-0.25, -0.2) is 4.98 Å². The van der Waals surface area contributed by atoms with Gasteiger partial charge in [-0.15, -0.1) is 0 Å². The molecule has 5 heteroatoms. The Morgan fingerprint density at radius 3 is 1.62 bits per heavy atom. The molecule has 8 aromatic carbocycles. The molecule has 0 aliphatic carbocycles. The van der Waals surface area contributed by atoms with Crippen LogP contribution in [0.5, 0.6) is 11.5 Å². The van der Waals surface area contributed by atoms with E-state index in [9.17, 15) is 0 Å². The van der Waals surface area contributed by atoms with Crippen LogP contribution >= 0.6 is 0 Å². The van der Waals surface area contributed by atoms with Crippen LogP contribution in [0.2, 0.25) is 0 Å². The monoisotopic (exact) mass is 955 g/mol. The number of benzene rings is 8. The first-order chi connectivity index (χ1) is 35.6. The van der Waals surface area contributed by atoms with Crippen LogP contribution in [0.15, 0.2) is 212 Å². The second kappa shape index (κ2) is 19.3. The summed E-state index contributed by atoms with van der Waals surface area (Å²) in [5.41, 5.74) is 15.4. The maximum atomic E-state index is 6.92. The summed E-state index contributed by atoms with van der Waals surface area (Å²) in [5.74, 6) is 2.44. The SMILES string of the molecule is CCC(CC)(c1ccccc1)c1cc(-c2ccccc2)cc(C(CC)(CC)c2ccccc2)c1N1CN(c2cccc(Oc3ccc4c5ccccc5n(-c5cc(C(C)(C)C)ccn5)c4c3)c2)c2ccccc21. The van der Waals surface area contributed by atoms with Gasteiger partial charge < -0.3 is 14.5 Å². The van der Waals surface area contributed by atoms with Crippen LogP contribution in [0, 0.1) is 0 Å². The highest BCUT2D eigenvalue weighted by molar-refractivity contribution is 6.09. The van der Waals surface area contributed by atoms with Crippen LogP contribution in [-0.4, -0.2) is 16.2 Å². The van der Waals surface area contributed by atoms with Crippen LogP contribution in [0.25, 0.3) is 38.8 Å². The number of para-hydroxylation sites is 3. The van der Waals surface area contributed by atoms with Gasteiger partial charge in [0.1, 0.15) is 24.0 Å². The molecule has 73 heavy (non-hydrogen) atoms. The number of anilines is 4. The van der Waals surface area contributed by atoms with Gasteiger partial charge in [-0.2, -0.15) is 0 Å². The quantitative estimate of drug-likeness (QED) is 0.109. The van der Waals surface area contributed by atoms with E-state index in [1.165, 1.54) is 55.7 Å². The van der Waals surface area contributed by atoms with Crippen LogP contribution in [0.1, 0.15) is 102 Å². The molecule has 0 fully saturated rings. The second-order valence-corrected chi connectivity index (χ2v) is 20.9. The fourth-order valence-electron chi connectivity index (χ4n) is 12.1. The number of hydrogen-bond acceptors (Lipinski definition) is 4. The third kappa shape index (κ3) is 8.25. The lowest BCUT2D eigenvalue weighted by atomic mass is 9.64. The molecule has 5 nitrogen and oxygen atoms in total. The fraction of sp³-hybridized carbons (Fsp3) is 0.221. The van der Waals surface area contributed by atoms with E-state index < -0.39 is 0 Å². The lowest BCUT2D eigenvalue weighted by Crippen LogP contribution is -2.35. The predicted molar refractivity (Wildman–Crippen MR) is 307 cm³/mol. The molecule has 10 aromatic rings. The minimum Gasteiger partial charge on any atom is -0.457 e. The van der Waals surface area contributed by atoms with Crippen molar-refractivity contribution in [3.63, 3.8) is 0 Å². The number of aromatic nitrogens is 2. The maximum absolute atomic E-state index is 6.92. The standard InChI is InChI=1S/C68H66N4O/c1-8-67(9-2,50-28-17-13-18-29-50)58-42-49(48-26-15-12-16-27-48)43-59(68(10-3,11-4)51-30-19-14-20-31-51)65(58)71-47-70(61-36-23-24-37-62(61)71)53-32-25-33-54(45-53)73-55-38-39-57-56-34-21-22-35-60(56)72(63(57)46-55)64-44-52(40-41-69-64)66(5,6)7/h12-46H,8-11,47H2,1-7H3. The van der Waals surface area contributed by atoms with Crippen LogP contribution in [0.3, 0.4) is 0 Å². The Bertz CT molecular complexity index is 3490. The van der Waals surface area contributed by atoms with E-state index in [2.05, 4.69) is 269 Å². The highest BCUT2D eigenvalue weighted by Crippen LogP contribution is 2.56. The van der Waals surface area contributed by atoms with E-state index in [1.54, 1.807) is 0 Å². The van der Waals surface area contributed by atoms with Gasteiger partial charge >= 0.3 is 0 Å². The van der Waals surface area contributed by atoms with E-state index in [0.717, 1.165) is 70.8 Å². The van der Waals surface area contributed by atoms with Gasteiger partial charge in [-0.3, -0.25) is 4.57 Å². The molecular formula is C68H66N4O. The first-order valence-electron chi connectivity index (χ1n) is 26.4. The third-order valence-electron chi connectivity index (χ3n) is 16.2. The van der Waals surface area contributed by atoms with Crippen LogP contribution in [0.4, 0.5) is 22.7 Å². The summed E-state index contributed by atoms with van der Waals surface area (Å²) in [6.07, 6.45) is 5.71. The van der Waals surface area contributed by atoms with E-state index in [1.807, 2.05) is 6.20 Å². The van der Waals surface area contributed by atoms with Gasteiger partial charge in [-0.05, 0) is 137 Å². The topological polar surface area (TPSA) is 33.5 Å². The van der Waals surface area contributed by atoms with Crippen molar-refractivity contribution in [3.05, 3.63) is 240 Å². The number of fused-ring (bicyclic) bond motifs is 4. The summed E-state index contributed by atoms with van der Waals surface area (Å²) in [4.78, 5) is 10.0. The van der Waals surface area contributed by atoms with Gasteiger partial charge in [0.05, 0.1) is 28.1 Å². The molecule has 0 saturated carbocycles. The highest BCUT2D eigenvalue weighted by Gasteiger charge is 2.43. The Balaban J connectivity index is 1.06. The molecule has 0 atom stereocenters. The van der Waals surface area contributed by atoms with Gasteiger partial charge in [0.15, 0.2) is 0 Å². The van der Waals surface area contributed by atoms with E-state index >= 15 is 0 Å². The summed E-state index contributed by atoms with van der Waals surface area (Å²) in [7, 11) is 0. The Labute approximate surface area is 432 Å². The summed E-state index contributed by atoms with van der Waals surface area (Å²) in [5, 5.41) is 2.35. The number of ether oxygens (including phenoxy) is 1. The van der Waals surface area contributed by atoms with E-state index in [-0.39, 0.29) is 16.2 Å². The Morgan fingerprint density at radius 2 is 1.00 bits per heavy atom. The minimum atomic E-state index is -0.283. The zero-order valence-electron chi connectivity index (χ0n) is 43.4. The number of rotatable bonds is 14. The maximum Gasteiger partial charge on any atom is 0.137 e. The van der Waals surface area contributed by atoms with E-state index in [0.29, 0.717) is 6.67 Å². The van der Waals surface area contributed by atoms with Crippen molar-refractivity contribution in [1.82, 2.24) is 9.55 Å². The molecule has 2 aromatic heterocycles. The number of hydrogen-bond donors (Lipinski definition) is 0. The molecule has 3 heterocycles. The number of nitrogens with zero attached hydrogens (tertiary/aromatic N) is 4. The lowest BCUT2D eigenvalue weighted by molar-refractivity contribution is 0.463. The molecule has 364 valence electrons. The highest BCUT2D eigenvalue weighted by atomic mass is 16.5. The summed E-state index contributed by atoms with van der Waals surface area (Å²) in [6.45, 7) is 16.9. The molecule has 0 spiro atoms. The smallest absolute Gasteiger partial charge is 0.137 e. The van der Waals surface area contributed by atoms with Crippen molar-refractivity contribution in [3.8, 4) is 28.4 Å². The van der Waals surface area contributed by atoms with Crippen LogP contribution in [-0.2, 0) is 16.2 Å². The molecule has 1 aliphatic rings. The Hall–Kier alpha value is -7.89. The van der Waals surface area contributed by atoms with Gasteiger partial charge in [0, 0.05) is 45.6 Å². The average molecular weight is 955 g/mol. The largest absolute Gasteiger partial charge is 0.457 e. The third-order valence-corrected chi connectivity index (χ3v) is 16.2. The van der Waals surface area contributed by atoms with Crippen LogP contribution < -0.4 is 14.5 Å². The average Bonchev–Trinajstić information content (AvgIpc) is 3.99. The van der Waals surface area contributed by atoms with Crippen molar-refractivity contribution < 1.29 is 4.74 Å². The van der Waals surface area contributed by atoms with Crippen molar-refractivity contribution in [2.45, 2.75) is 90.4 Å². The van der Waals surface area contributed by atoms with Crippen molar-refractivity contribution >= 4 is 44.6 Å². The first-order valence-corrected chi connectivity index (χ1v) is 26.4. The summed E-state index contributed by atoms with van der Waals surface area (Å²) >= 11 is 0. The molecule has 0 N–H and O–H groups in total. The summed E-state index contributed by atoms with van der Waals surface area (Å²) in [6, 6.07) is 75.7. The second-order valence-electron chi connectivity index (χ2n) is 20.9. The molecule has 0 bridgehead atoms. The van der Waals surface area contributed by atoms with Gasteiger partial charge in [-0.1, -0.05) is 176 Å². The fourth-order valence-corrected chi connectivity index (χ4v) is 12.1. The molecule has 0 unspecified atom stereocenters. The van der Waals surface area contributed by atoms with Gasteiger partial charge in [0.2, 0.25) is 0 Å². The first kappa shape index (κ1) is 47.4. The molecule has 11 rings (SSSR count). The molecule has 0 amide bonds. The Morgan fingerprint density at radius 1 is 0.452 bits per heavy atom. The zero-order chi connectivity index (χ0) is 50.3. The molecule has 0 radical (unpaired) electrons. The molecular weight excluding hydrogens is 889 g/mol. The van der Waals surface area contributed by atoms with Crippen molar-refractivity contribution in [2.75, 3.05) is 16.5 Å². The molecule has 0 saturated heterocycles. The minimum absolute atomic E-state index is 0.0181. The van der Waals surface area contributed by atoms with E-state index in [4.69, 9.17) is 9.72 Å². The normalized spacial score (nSPS) is 13.0. The lowest BCUT2D eigenvalue weighted by Gasteiger charge is -2.43. The predicted octanol–water partition coefficient (Wildman–Crippen LogP) is 18.4. The Kier molecular flexibility index (Phi) is 12.5. The summed E-state index contributed by atoms with van der Waals surface area (Å²) < 4.78 is 9.19. The number of pyridine rings is 1. The van der Waals surface area contributed by atoms with Gasteiger partial charge in [0.25, 0.3) is 0 Å². The molecule has 1 aliphatic heterocycles.